The van der Waals surface area contributed by atoms with Crippen LogP contribution in [0.5, 0.6) is 5.75 Å². The summed E-state index contributed by atoms with van der Waals surface area (Å²) in [5.41, 5.74) is 1.44. The number of aromatic hydroxyl groups is 1. The van der Waals surface area contributed by atoms with Gasteiger partial charge in [-0.3, -0.25) is 4.79 Å². The van der Waals surface area contributed by atoms with Crippen LogP contribution in [0, 0.1) is 5.92 Å². The van der Waals surface area contributed by atoms with Crippen LogP contribution in [0.1, 0.15) is 36.2 Å². The van der Waals surface area contributed by atoms with E-state index in [1.54, 1.807) is 25.2 Å². The largest absolute Gasteiger partial charge is 0.508 e. The lowest BCUT2D eigenvalue weighted by atomic mass is 10.00. The normalized spacial score (nSPS) is 10.5. The second kappa shape index (κ2) is 5.54. The quantitative estimate of drug-likeness (QED) is 0.820. The lowest BCUT2D eigenvalue weighted by Gasteiger charge is -2.08. The Morgan fingerprint density at radius 2 is 2.12 bits per heavy atom. The SMILES string of the molecule is CNC(=O)c1ccc(O)c(CCC(C)C)c1. The number of phenolic OH excluding ortho intramolecular Hbond substituents is 1. The molecule has 2 N–H and O–H groups in total. The van der Waals surface area contributed by atoms with Crippen molar-refractivity contribution in [2.75, 3.05) is 7.05 Å². The molecule has 16 heavy (non-hydrogen) atoms. The van der Waals surface area contributed by atoms with E-state index >= 15 is 0 Å². The smallest absolute Gasteiger partial charge is 0.251 e. The molecule has 0 fully saturated rings. The molecule has 1 rings (SSSR count). The zero-order valence-electron chi connectivity index (χ0n) is 10.1. The first kappa shape index (κ1) is 12.6. The number of phenols is 1. The minimum absolute atomic E-state index is 0.120. The molecule has 1 aromatic rings. The van der Waals surface area contributed by atoms with Gasteiger partial charge in [0.25, 0.3) is 5.91 Å². The first-order valence-corrected chi connectivity index (χ1v) is 5.58. The van der Waals surface area contributed by atoms with Gasteiger partial charge in [-0.2, -0.15) is 0 Å². The molecule has 88 valence electrons. The van der Waals surface area contributed by atoms with Crippen LogP contribution in [0.4, 0.5) is 0 Å². The van der Waals surface area contributed by atoms with Crippen LogP contribution in [0.3, 0.4) is 0 Å². The fraction of sp³-hybridized carbons (Fsp3) is 0.462. The van der Waals surface area contributed by atoms with E-state index in [-0.39, 0.29) is 11.7 Å². The van der Waals surface area contributed by atoms with Crippen LogP contribution in [0.25, 0.3) is 0 Å². The Balaban J connectivity index is 2.86. The van der Waals surface area contributed by atoms with Crippen LogP contribution in [0.15, 0.2) is 18.2 Å². The molecule has 3 nitrogen and oxygen atoms in total. The maximum Gasteiger partial charge on any atom is 0.251 e. The highest BCUT2D eigenvalue weighted by molar-refractivity contribution is 5.94. The summed E-state index contributed by atoms with van der Waals surface area (Å²) >= 11 is 0. The van der Waals surface area contributed by atoms with Gasteiger partial charge in [-0.15, -0.1) is 0 Å². The van der Waals surface area contributed by atoms with Crippen molar-refractivity contribution in [2.24, 2.45) is 5.92 Å². The second-order valence-corrected chi connectivity index (χ2v) is 4.36. The number of nitrogens with one attached hydrogen (secondary N) is 1. The lowest BCUT2D eigenvalue weighted by Crippen LogP contribution is -2.17. The molecular formula is C13H19NO2. The van der Waals surface area contributed by atoms with Gasteiger partial charge in [0.1, 0.15) is 5.75 Å². The third-order valence-corrected chi connectivity index (χ3v) is 2.56. The molecule has 0 radical (unpaired) electrons. The van der Waals surface area contributed by atoms with Crippen molar-refractivity contribution in [1.29, 1.82) is 0 Å². The average Bonchev–Trinajstić information content (AvgIpc) is 2.26. The van der Waals surface area contributed by atoms with Gasteiger partial charge in [0, 0.05) is 12.6 Å². The van der Waals surface area contributed by atoms with Gasteiger partial charge in [-0.05, 0) is 42.5 Å². The van der Waals surface area contributed by atoms with Gasteiger partial charge >= 0.3 is 0 Å². The molecule has 0 aliphatic rings. The minimum Gasteiger partial charge on any atom is -0.508 e. The van der Waals surface area contributed by atoms with Crippen LogP contribution in [-0.2, 0) is 6.42 Å². The highest BCUT2D eigenvalue weighted by atomic mass is 16.3. The van der Waals surface area contributed by atoms with E-state index in [0.717, 1.165) is 18.4 Å². The Labute approximate surface area is 96.5 Å². The van der Waals surface area contributed by atoms with Crippen molar-refractivity contribution in [3.8, 4) is 5.75 Å². The molecule has 0 aliphatic heterocycles. The topological polar surface area (TPSA) is 49.3 Å². The number of rotatable bonds is 4. The third-order valence-electron chi connectivity index (χ3n) is 2.56. The van der Waals surface area contributed by atoms with Gasteiger partial charge in [0.05, 0.1) is 0 Å². The molecule has 0 aliphatic carbocycles. The van der Waals surface area contributed by atoms with Gasteiger partial charge in [0.15, 0.2) is 0 Å². The van der Waals surface area contributed by atoms with E-state index in [2.05, 4.69) is 19.2 Å². The lowest BCUT2D eigenvalue weighted by molar-refractivity contribution is 0.0963. The van der Waals surface area contributed by atoms with Crippen molar-refractivity contribution in [3.05, 3.63) is 29.3 Å². The molecule has 0 unspecified atom stereocenters. The Morgan fingerprint density at radius 3 is 2.69 bits per heavy atom. The summed E-state index contributed by atoms with van der Waals surface area (Å²) in [6.45, 7) is 4.28. The summed E-state index contributed by atoms with van der Waals surface area (Å²) in [5, 5.41) is 12.2. The standard InChI is InChI=1S/C13H19NO2/c1-9(2)4-5-10-8-11(13(16)14-3)6-7-12(10)15/h6-9,15H,4-5H2,1-3H3,(H,14,16). The van der Waals surface area contributed by atoms with E-state index in [1.807, 2.05) is 0 Å². The second-order valence-electron chi connectivity index (χ2n) is 4.36. The number of amides is 1. The van der Waals surface area contributed by atoms with E-state index < -0.39 is 0 Å². The molecule has 0 spiro atoms. The molecule has 0 atom stereocenters. The van der Waals surface area contributed by atoms with E-state index in [9.17, 15) is 9.90 Å². The first-order valence-electron chi connectivity index (χ1n) is 5.58. The molecular weight excluding hydrogens is 202 g/mol. The zero-order valence-corrected chi connectivity index (χ0v) is 10.1. The monoisotopic (exact) mass is 221 g/mol. The van der Waals surface area contributed by atoms with Crippen LogP contribution < -0.4 is 5.32 Å². The fourth-order valence-electron chi connectivity index (χ4n) is 1.52. The van der Waals surface area contributed by atoms with Gasteiger partial charge in [-0.1, -0.05) is 13.8 Å². The number of carbonyl (C=O) groups is 1. The molecule has 0 saturated carbocycles. The highest BCUT2D eigenvalue weighted by Gasteiger charge is 2.08. The fourth-order valence-corrected chi connectivity index (χ4v) is 1.52. The first-order chi connectivity index (χ1) is 7.54. The number of hydrogen-bond acceptors (Lipinski definition) is 2. The maximum absolute atomic E-state index is 11.4. The summed E-state index contributed by atoms with van der Waals surface area (Å²) in [5.74, 6) is 0.738. The van der Waals surface area contributed by atoms with Crippen molar-refractivity contribution >= 4 is 5.91 Å². The van der Waals surface area contributed by atoms with E-state index in [1.165, 1.54) is 0 Å². The number of benzene rings is 1. The Hall–Kier alpha value is -1.51. The van der Waals surface area contributed by atoms with Crippen molar-refractivity contribution in [2.45, 2.75) is 26.7 Å². The summed E-state index contributed by atoms with van der Waals surface area (Å²) in [6, 6.07) is 4.98. The number of aryl methyl sites for hydroxylation is 1. The van der Waals surface area contributed by atoms with E-state index in [0.29, 0.717) is 11.5 Å². The van der Waals surface area contributed by atoms with Gasteiger partial charge in [-0.25, -0.2) is 0 Å². The van der Waals surface area contributed by atoms with Crippen LogP contribution >= 0.6 is 0 Å². The highest BCUT2D eigenvalue weighted by Crippen LogP contribution is 2.21. The summed E-state index contributed by atoms with van der Waals surface area (Å²) in [6.07, 6.45) is 1.80. The third kappa shape index (κ3) is 3.26. The molecule has 1 amide bonds. The Kier molecular flexibility index (Phi) is 4.35. The zero-order chi connectivity index (χ0) is 12.1. The van der Waals surface area contributed by atoms with Crippen LogP contribution in [-0.4, -0.2) is 18.1 Å². The molecule has 0 bridgehead atoms. The van der Waals surface area contributed by atoms with E-state index in [4.69, 9.17) is 0 Å². The number of carbonyl (C=O) groups excluding carboxylic acids is 1. The Morgan fingerprint density at radius 1 is 1.44 bits per heavy atom. The molecule has 1 aromatic carbocycles. The molecule has 3 heteroatoms. The van der Waals surface area contributed by atoms with Crippen LogP contribution in [0.2, 0.25) is 0 Å². The Bertz CT molecular complexity index is 372. The predicted molar refractivity (Wildman–Crippen MR) is 64.7 cm³/mol. The summed E-state index contributed by atoms with van der Waals surface area (Å²) in [7, 11) is 1.60. The number of hydrogen-bond donors (Lipinski definition) is 2. The summed E-state index contributed by atoms with van der Waals surface area (Å²) < 4.78 is 0. The van der Waals surface area contributed by atoms with Gasteiger partial charge < -0.3 is 10.4 Å². The molecule has 0 saturated heterocycles. The maximum atomic E-state index is 11.4. The minimum atomic E-state index is -0.120. The molecule has 0 aromatic heterocycles. The van der Waals surface area contributed by atoms with Crippen molar-refractivity contribution < 1.29 is 9.90 Å². The van der Waals surface area contributed by atoms with Gasteiger partial charge in [0.2, 0.25) is 0 Å². The summed E-state index contributed by atoms with van der Waals surface area (Å²) in [4.78, 5) is 11.4. The predicted octanol–water partition coefficient (Wildman–Crippen LogP) is 2.34. The van der Waals surface area contributed by atoms with Crippen molar-refractivity contribution in [3.63, 3.8) is 0 Å². The van der Waals surface area contributed by atoms with Crippen molar-refractivity contribution in [1.82, 2.24) is 5.32 Å². The average molecular weight is 221 g/mol. The molecule has 0 heterocycles.